The number of piperidine rings is 1. The normalized spacial score (nSPS) is 23.0. The average molecular weight is 529 g/mol. The van der Waals surface area contributed by atoms with E-state index in [1.54, 1.807) is 4.68 Å². The van der Waals surface area contributed by atoms with E-state index in [-0.39, 0.29) is 0 Å². The molecule has 0 unspecified atom stereocenters. The summed E-state index contributed by atoms with van der Waals surface area (Å²) in [7, 11) is 0. The zero-order valence-electron chi connectivity index (χ0n) is 21.8. The number of aromatic nitrogens is 4. The number of halogens is 1. The Labute approximate surface area is 226 Å². The number of nitrogens with two attached hydrogens (primary N) is 1. The molecular weight excluding hydrogens is 495 g/mol. The van der Waals surface area contributed by atoms with Crippen LogP contribution in [0.1, 0.15) is 12.5 Å². The zero-order chi connectivity index (χ0) is 26.3. The van der Waals surface area contributed by atoms with Crippen molar-refractivity contribution in [2.45, 2.75) is 24.7 Å². The van der Waals surface area contributed by atoms with Crippen LogP contribution < -0.4 is 15.8 Å². The van der Waals surface area contributed by atoms with Crippen LogP contribution in [0.25, 0.3) is 22.3 Å². The van der Waals surface area contributed by atoms with E-state index in [1.165, 1.54) is 6.33 Å². The molecule has 2 atom stereocenters. The van der Waals surface area contributed by atoms with Gasteiger partial charge in [-0.15, -0.1) is 0 Å². The van der Waals surface area contributed by atoms with Gasteiger partial charge in [-0.2, -0.15) is 5.10 Å². The van der Waals surface area contributed by atoms with Gasteiger partial charge in [0.2, 0.25) is 0 Å². The van der Waals surface area contributed by atoms with Crippen LogP contribution in [0.4, 0.5) is 10.2 Å². The molecule has 2 aromatic carbocycles. The molecule has 0 spiro atoms. The Morgan fingerprint density at radius 1 is 0.974 bits per heavy atom. The maximum absolute atomic E-state index is 15.8. The lowest BCUT2D eigenvalue weighted by atomic mass is 9.96. The molecule has 39 heavy (non-hydrogen) atoms. The van der Waals surface area contributed by atoms with E-state index < -0.39 is 12.2 Å². The lowest BCUT2D eigenvalue weighted by molar-refractivity contribution is -0.0201. The van der Waals surface area contributed by atoms with Crippen molar-refractivity contribution in [2.24, 2.45) is 5.92 Å². The third-order valence-electron chi connectivity index (χ3n) is 8.31. The molecule has 4 aromatic rings. The second kappa shape index (κ2) is 10.2. The fraction of sp³-hybridized carbons (Fsp3) is 0.414. The maximum Gasteiger partial charge on any atom is 0.164 e. The van der Waals surface area contributed by atoms with E-state index in [9.17, 15) is 0 Å². The van der Waals surface area contributed by atoms with Crippen LogP contribution in [0.5, 0.6) is 11.5 Å². The number of nitrogen functional groups attached to an aromatic ring is 1. The van der Waals surface area contributed by atoms with Crippen molar-refractivity contribution in [3.63, 3.8) is 0 Å². The van der Waals surface area contributed by atoms with E-state index in [2.05, 4.69) is 25.1 Å². The highest BCUT2D eigenvalue weighted by Crippen LogP contribution is 2.36. The molecule has 202 valence electrons. The highest BCUT2D eigenvalue weighted by atomic mass is 19.1. The molecule has 3 aliphatic rings. The third-order valence-corrected chi connectivity index (χ3v) is 8.31. The van der Waals surface area contributed by atoms with E-state index >= 15 is 4.39 Å². The summed E-state index contributed by atoms with van der Waals surface area (Å²) >= 11 is 0. The second-order valence-corrected chi connectivity index (χ2v) is 11.0. The summed E-state index contributed by atoms with van der Waals surface area (Å²) in [5.74, 6) is 2.60. The first kappa shape index (κ1) is 24.4. The van der Waals surface area contributed by atoms with E-state index in [0.29, 0.717) is 47.3 Å². The Bertz CT molecular complexity index is 1440. The molecule has 0 bridgehead atoms. The largest absolute Gasteiger partial charge is 0.457 e. The molecule has 5 heterocycles. The van der Waals surface area contributed by atoms with Crippen molar-refractivity contribution in [1.82, 2.24) is 34.9 Å². The number of hydrogen-bond acceptors (Lipinski definition) is 8. The number of rotatable bonds is 7. The van der Waals surface area contributed by atoms with Crippen molar-refractivity contribution in [3.05, 3.63) is 60.9 Å². The fourth-order valence-corrected chi connectivity index (χ4v) is 6.02. The summed E-state index contributed by atoms with van der Waals surface area (Å²) in [5, 5.41) is 8.89. The number of benzene rings is 2. The number of nitrogens with zero attached hydrogens (tertiary/aromatic N) is 6. The lowest BCUT2D eigenvalue weighted by Gasteiger charge is -2.49. The summed E-state index contributed by atoms with van der Waals surface area (Å²) in [5.41, 5.74) is 8.40. The summed E-state index contributed by atoms with van der Waals surface area (Å²) in [6.07, 6.45) is 1.06. The van der Waals surface area contributed by atoms with Crippen LogP contribution in [0.2, 0.25) is 0 Å². The number of anilines is 1. The minimum absolute atomic E-state index is 0.343. The second-order valence-electron chi connectivity index (χ2n) is 11.0. The minimum atomic E-state index is -1.04. The van der Waals surface area contributed by atoms with Crippen LogP contribution in [0.3, 0.4) is 0 Å². The minimum Gasteiger partial charge on any atom is -0.457 e. The Morgan fingerprint density at radius 2 is 1.74 bits per heavy atom. The molecule has 3 N–H and O–H groups in total. The Morgan fingerprint density at radius 3 is 2.46 bits per heavy atom. The average Bonchev–Trinajstić information content (AvgIpc) is 3.29. The molecular formula is C29H33FN8O. The lowest BCUT2D eigenvalue weighted by Crippen LogP contribution is -2.64. The van der Waals surface area contributed by atoms with Crippen LogP contribution in [-0.4, -0.2) is 87.6 Å². The van der Waals surface area contributed by atoms with Gasteiger partial charge in [-0.1, -0.05) is 18.2 Å². The highest BCUT2D eigenvalue weighted by Gasteiger charge is 2.40. The molecule has 0 aliphatic carbocycles. The van der Waals surface area contributed by atoms with Crippen molar-refractivity contribution < 1.29 is 9.13 Å². The number of hydrogen-bond donors (Lipinski definition) is 2. The highest BCUT2D eigenvalue weighted by molar-refractivity contribution is 5.98. The van der Waals surface area contributed by atoms with Gasteiger partial charge in [0.15, 0.2) is 5.65 Å². The predicted octanol–water partition coefficient (Wildman–Crippen LogP) is 3.36. The molecule has 3 aliphatic heterocycles. The zero-order valence-corrected chi connectivity index (χ0v) is 21.8. The molecule has 2 aromatic heterocycles. The molecule has 0 radical (unpaired) electrons. The number of alkyl halides is 1. The number of likely N-dealkylation sites (tertiary alicyclic amines) is 2. The van der Waals surface area contributed by atoms with Gasteiger partial charge in [-0.05, 0) is 48.7 Å². The Balaban J connectivity index is 1.09. The summed E-state index contributed by atoms with van der Waals surface area (Å²) < 4.78 is 23.4. The van der Waals surface area contributed by atoms with Gasteiger partial charge >= 0.3 is 0 Å². The molecule has 10 heteroatoms. The molecule has 3 fully saturated rings. The van der Waals surface area contributed by atoms with Crippen LogP contribution in [0, 0.1) is 5.92 Å². The molecule has 7 rings (SSSR count). The quantitative estimate of drug-likeness (QED) is 0.377. The predicted molar refractivity (Wildman–Crippen MR) is 148 cm³/mol. The Kier molecular flexibility index (Phi) is 6.38. The SMILES string of the molecule is Nc1ncnc2c1c(-c1ccc(Oc3ccccc3)cc1)nn2[C@H]1CCN(C2CN(CC3CNC3)C2)C[C@H]1F. The van der Waals surface area contributed by atoms with Crippen molar-refractivity contribution in [3.8, 4) is 22.8 Å². The summed E-state index contributed by atoms with van der Waals surface area (Å²) in [6, 6.07) is 17.4. The monoisotopic (exact) mass is 528 g/mol. The van der Waals surface area contributed by atoms with Gasteiger partial charge in [-0.25, -0.2) is 19.0 Å². The van der Waals surface area contributed by atoms with Gasteiger partial charge in [0.05, 0.1) is 11.4 Å². The van der Waals surface area contributed by atoms with E-state index in [0.717, 1.165) is 56.5 Å². The number of ether oxygens (including phenoxy) is 1. The van der Waals surface area contributed by atoms with Crippen molar-refractivity contribution in [2.75, 3.05) is 51.5 Å². The molecule has 0 saturated carbocycles. The summed E-state index contributed by atoms with van der Waals surface area (Å²) in [6.45, 7) is 6.74. The third kappa shape index (κ3) is 4.73. The van der Waals surface area contributed by atoms with Crippen LogP contribution in [-0.2, 0) is 0 Å². The van der Waals surface area contributed by atoms with Crippen molar-refractivity contribution in [1.29, 1.82) is 0 Å². The topological polar surface area (TPSA) is 97.4 Å². The standard InChI is InChI=1S/C29H33FN8O/c30-24-17-37(21-15-36(16-21)14-19-12-32-13-19)11-10-25(24)38-29-26(28(31)33-18-34-29)27(35-38)20-6-8-23(9-7-20)39-22-4-2-1-3-5-22/h1-9,18-19,21,24-25,32H,10-17H2,(H2,31,33,34)/t24-,25+/m1/s1. The van der Waals surface area contributed by atoms with E-state index in [4.69, 9.17) is 15.6 Å². The van der Waals surface area contributed by atoms with Gasteiger partial charge in [0.25, 0.3) is 0 Å². The first-order valence-corrected chi connectivity index (χ1v) is 13.8. The van der Waals surface area contributed by atoms with Gasteiger partial charge in [0, 0.05) is 57.4 Å². The maximum atomic E-state index is 15.8. The number of nitrogens with one attached hydrogen (secondary N) is 1. The Hall–Kier alpha value is -3.60. The van der Waals surface area contributed by atoms with E-state index in [1.807, 2.05) is 54.6 Å². The number of para-hydroxylation sites is 1. The van der Waals surface area contributed by atoms with Crippen LogP contribution in [0.15, 0.2) is 60.9 Å². The summed E-state index contributed by atoms with van der Waals surface area (Å²) in [4.78, 5) is 13.5. The molecule has 0 amide bonds. The van der Waals surface area contributed by atoms with Crippen molar-refractivity contribution >= 4 is 16.9 Å². The number of fused-ring (bicyclic) bond motifs is 1. The molecule has 9 nitrogen and oxygen atoms in total. The van der Waals surface area contributed by atoms with Gasteiger partial charge in [0.1, 0.15) is 35.5 Å². The van der Waals surface area contributed by atoms with Gasteiger partial charge in [-0.3, -0.25) is 9.80 Å². The smallest absolute Gasteiger partial charge is 0.164 e. The first-order chi connectivity index (χ1) is 19.1. The van der Waals surface area contributed by atoms with Crippen LogP contribution >= 0.6 is 0 Å². The molecule has 3 saturated heterocycles. The first-order valence-electron chi connectivity index (χ1n) is 13.8. The van der Waals surface area contributed by atoms with Gasteiger partial charge < -0.3 is 15.8 Å². The fourth-order valence-electron chi connectivity index (χ4n) is 6.02.